The molecule has 0 radical (unpaired) electrons. The number of aromatic nitrogens is 4. The van der Waals surface area contributed by atoms with Crippen molar-refractivity contribution in [2.45, 2.75) is 57.5 Å². The van der Waals surface area contributed by atoms with Crippen LogP contribution >= 0.6 is 0 Å². The molecular weight excluding hydrogens is 328 g/mol. The van der Waals surface area contributed by atoms with E-state index in [0.717, 1.165) is 51.1 Å². The van der Waals surface area contributed by atoms with Crippen molar-refractivity contribution < 1.29 is 4.79 Å². The van der Waals surface area contributed by atoms with Crippen molar-refractivity contribution in [3.8, 4) is 0 Å². The number of aryl methyl sites for hydroxylation is 1. The first-order chi connectivity index (χ1) is 12.8. The second kappa shape index (κ2) is 6.54. The lowest BCUT2D eigenvalue weighted by Crippen LogP contribution is -2.23. The number of fused-ring (bicyclic) bond motifs is 1. The van der Waals surface area contributed by atoms with Crippen LogP contribution in [0.2, 0.25) is 0 Å². The number of H-pyrrole nitrogens is 1. The summed E-state index contributed by atoms with van der Waals surface area (Å²) in [6, 6.07) is 0.385. The van der Waals surface area contributed by atoms with E-state index in [9.17, 15) is 4.79 Å². The monoisotopic (exact) mass is 354 g/mol. The molecule has 0 aromatic carbocycles. The molecule has 0 saturated carbocycles. The van der Waals surface area contributed by atoms with E-state index in [1.54, 1.807) is 0 Å². The van der Waals surface area contributed by atoms with Gasteiger partial charge in [-0.25, -0.2) is 0 Å². The van der Waals surface area contributed by atoms with Crippen molar-refractivity contribution >= 4 is 11.6 Å². The van der Waals surface area contributed by atoms with Crippen molar-refractivity contribution in [1.82, 2.24) is 24.9 Å². The third kappa shape index (κ3) is 2.84. The fourth-order valence-electron chi connectivity index (χ4n) is 4.65. The first-order valence-electron chi connectivity index (χ1n) is 9.90. The molecule has 138 valence electrons. The van der Waals surface area contributed by atoms with Crippen LogP contribution in [0.4, 0.5) is 5.69 Å². The van der Waals surface area contributed by atoms with Crippen LogP contribution in [-0.2, 0) is 24.2 Å². The van der Waals surface area contributed by atoms with Crippen molar-refractivity contribution in [1.29, 1.82) is 0 Å². The number of carbonyl (C=O) groups excluding carboxylic acids is 1. The van der Waals surface area contributed by atoms with Crippen LogP contribution in [0.5, 0.6) is 0 Å². The molecule has 3 aliphatic rings. The summed E-state index contributed by atoms with van der Waals surface area (Å²) >= 11 is 0. The van der Waals surface area contributed by atoms with Gasteiger partial charge in [-0.05, 0) is 44.1 Å². The summed E-state index contributed by atoms with van der Waals surface area (Å²) in [6.07, 6.45) is 11.5. The number of nitrogens with zero attached hydrogens (tertiary/aromatic N) is 5. The molecule has 26 heavy (non-hydrogen) atoms. The molecule has 2 saturated heterocycles. The first-order valence-corrected chi connectivity index (χ1v) is 9.90. The minimum Gasteiger partial charge on any atom is -0.309 e. The highest BCUT2D eigenvalue weighted by atomic mass is 16.2. The zero-order valence-electron chi connectivity index (χ0n) is 15.2. The second-order valence-electron chi connectivity index (χ2n) is 7.84. The van der Waals surface area contributed by atoms with Gasteiger partial charge in [0, 0.05) is 44.5 Å². The minimum absolute atomic E-state index is 0.223. The molecule has 2 fully saturated rings. The lowest BCUT2D eigenvalue weighted by Gasteiger charge is -2.17. The molecule has 1 N–H and O–H groups in total. The molecule has 1 unspecified atom stereocenters. The van der Waals surface area contributed by atoms with Gasteiger partial charge in [-0.15, -0.1) is 0 Å². The van der Waals surface area contributed by atoms with Crippen LogP contribution in [-0.4, -0.2) is 50.4 Å². The van der Waals surface area contributed by atoms with Crippen molar-refractivity contribution in [2.24, 2.45) is 0 Å². The normalized spacial score (nSPS) is 23.8. The van der Waals surface area contributed by atoms with E-state index in [0.29, 0.717) is 12.5 Å². The number of carbonyl (C=O) groups is 1. The summed E-state index contributed by atoms with van der Waals surface area (Å²) in [4.78, 5) is 16.3. The molecule has 7 heteroatoms. The van der Waals surface area contributed by atoms with E-state index in [4.69, 9.17) is 0 Å². The third-order valence-electron chi connectivity index (χ3n) is 6.11. The molecule has 1 atom stereocenters. The van der Waals surface area contributed by atoms with E-state index >= 15 is 0 Å². The Hall–Kier alpha value is -2.15. The number of aromatic amines is 1. The average molecular weight is 354 g/mol. The summed E-state index contributed by atoms with van der Waals surface area (Å²) in [6.45, 7) is 3.83. The van der Waals surface area contributed by atoms with Crippen LogP contribution in [0.3, 0.4) is 0 Å². The van der Waals surface area contributed by atoms with Gasteiger partial charge in [0.25, 0.3) is 0 Å². The SMILES string of the molecule is O=C1CCCN1c1cnn(C2CCN(Cc3n[nH]c4c3CCCC4)C2)c1. The van der Waals surface area contributed by atoms with Gasteiger partial charge in [-0.1, -0.05) is 0 Å². The number of amides is 1. The van der Waals surface area contributed by atoms with Gasteiger partial charge in [0.15, 0.2) is 0 Å². The Kier molecular flexibility index (Phi) is 4.04. The predicted molar refractivity (Wildman–Crippen MR) is 98.0 cm³/mol. The lowest BCUT2D eigenvalue weighted by atomic mass is 9.96. The zero-order chi connectivity index (χ0) is 17.5. The molecule has 2 aliphatic heterocycles. The van der Waals surface area contributed by atoms with Crippen LogP contribution < -0.4 is 4.90 Å². The van der Waals surface area contributed by atoms with Crippen molar-refractivity contribution in [3.05, 3.63) is 29.3 Å². The Morgan fingerprint density at radius 2 is 2.08 bits per heavy atom. The Morgan fingerprint density at radius 1 is 1.15 bits per heavy atom. The first kappa shape index (κ1) is 16.1. The number of hydrogen-bond donors (Lipinski definition) is 1. The molecule has 2 aromatic heterocycles. The van der Waals surface area contributed by atoms with Gasteiger partial charge in [-0.3, -0.25) is 19.5 Å². The Bertz CT molecular complexity index is 809. The summed E-state index contributed by atoms with van der Waals surface area (Å²) in [7, 11) is 0. The fraction of sp³-hybridized carbons (Fsp3) is 0.632. The lowest BCUT2D eigenvalue weighted by molar-refractivity contribution is -0.117. The second-order valence-corrected chi connectivity index (χ2v) is 7.84. The summed E-state index contributed by atoms with van der Waals surface area (Å²) in [5.41, 5.74) is 5.01. The van der Waals surface area contributed by atoms with Gasteiger partial charge >= 0.3 is 0 Å². The standard InChI is InChI=1S/C19H26N6O/c26-19-6-3-8-24(19)15-10-20-25(12-15)14-7-9-23(11-14)13-18-16-4-1-2-5-17(16)21-22-18/h10,12,14H,1-9,11,13H2,(H,21,22). The third-order valence-corrected chi connectivity index (χ3v) is 6.11. The highest BCUT2D eigenvalue weighted by Gasteiger charge is 2.28. The number of nitrogens with one attached hydrogen (secondary N) is 1. The van der Waals surface area contributed by atoms with Crippen molar-refractivity contribution in [3.63, 3.8) is 0 Å². The molecule has 4 heterocycles. The Balaban J connectivity index is 1.24. The van der Waals surface area contributed by atoms with Gasteiger partial charge in [0.1, 0.15) is 0 Å². The molecule has 0 spiro atoms. The maximum Gasteiger partial charge on any atom is 0.227 e. The van der Waals surface area contributed by atoms with E-state index in [1.807, 2.05) is 17.3 Å². The van der Waals surface area contributed by atoms with Gasteiger partial charge in [0.2, 0.25) is 5.91 Å². The van der Waals surface area contributed by atoms with E-state index in [1.165, 1.54) is 36.2 Å². The molecule has 7 nitrogen and oxygen atoms in total. The molecule has 1 amide bonds. The van der Waals surface area contributed by atoms with Gasteiger partial charge in [-0.2, -0.15) is 10.2 Å². The maximum atomic E-state index is 11.9. The molecular formula is C19H26N6O. The summed E-state index contributed by atoms with van der Waals surface area (Å²) in [5.74, 6) is 0.223. The number of rotatable bonds is 4. The van der Waals surface area contributed by atoms with E-state index in [-0.39, 0.29) is 5.91 Å². The highest BCUT2D eigenvalue weighted by molar-refractivity contribution is 5.95. The Morgan fingerprint density at radius 3 is 2.96 bits per heavy atom. The van der Waals surface area contributed by atoms with Gasteiger partial charge in [0.05, 0.1) is 23.6 Å². The van der Waals surface area contributed by atoms with Crippen LogP contribution in [0.15, 0.2) is 12.4 Å². The topological polar surface area (TPSA) is 70.1 Å². The quantitative estimate of drug-likeness (QED) is 0.912. The van der Waals surface area contributed by atoms with E-state index < -0.39 is 0 Å². The van der Waals surface area contributed by atoms with Crippen molar-refractivity contribution in [2.75, 3.05) is 24.5 Å². The molecule has 0 bridgehead atoms. The molecule has 5 rings (SSSR count). The van der Waals surface area contributed by atoms with Crippen LogP contribution in [0.25, 0.3) is 0 Å². The number of hydrogen-bond acceptors (Lipinski definition) is 4. The fourth-order valence-corrected chi connectivity index (χ4v) is 4.65. The van der Waals surface area contributed by atoms with E-state index in [2.05, 4.69) is 24.9 Å². The van der Waals surface area contributed by atoms with Crippen LogP contribution in [0.1, 0.15) is 55.1 Å². The number of anilines is 1. The van der Waals surface area contributed by atoms with Gasteiger partial charge < -0.3 is 4.90 Å². The minimum atomic E-state index is 0.223. The maximum absolute atomic E-state index is 11.9. The summed E-state index contributed by atoms with van der Waals surface area (Å²) in [5, 5.41) is 12.4. The molecule has 2 aromatic rings. The number of likely N-dealkylation sites (tertiary alicyclic amines) is 1. The average Bonchev–Trinajstić information content (AvgIpc) is 3.42. The highest BCUT2D eigenvalue weighted by Crippen LogP contribution is 2.28. The zero-order valence-corrected chi connectivity index (χ0v) is 15.2. The largest absolute Gasteiger partial charge is 0.309 e. The smallest absolute Gasteiger partial charge is 0.227 e. The molecule has 1 aliphatic carbocycles. The summed E-state index contributed by atoms with van der Waals surface area (Å²) < 4.78 is 2.06. The Labute approximate surface area is 153 Å². The van der Waals surface area contributed by atoms with Crippen LogP contribution in [0, 0.1) is 0 Å². The predicted octanol–water partition coefficient (Wildman–Crippen LogP) is 2.06.